The van der Waals surface area contributed by atoms with Crippen LogP contribution in [0.3, 0.4) is 0 Å². The van der Waals surface area contributed by atoms with Crippen molar-refractivity contribution in [3.8, 4) is 11.5 Å². The van der Waals surface area contributed by atoms with Gasteiger partial charge in [-0.15, -0.1) is 12.4 Å². The molecule has 3 heteroatoms. The molecule has 108 valence electrons. The minimum atomic E-state index is 0. The molecule has 0 aliphatic rings. The second kappa shape index (κ2) is 7.93. The van der Waals surface area contributed by atoms with E-state index in [2.05, 4.69) is 37.4 Å². The van der Waals surface area contributed by atoms with E-state index >= 15 is 0 Å². The Morgan fingerprint density at radius 2 is 1.85 bits per heavy atom. The molecule has 0 fully saturated rings. The molecule has 0 bridgehead atoms. The van der Waals surface area contributed by atoms with Crippen LogP contribution in [0.5, 0.6) is 11.5 Å². The molecule has 2 aromatic carbocycles. The van der Waals surface area contributed by atoms with E-state index in [1.807, 2.05) is 37.4 Å². The predicted octanol–water partition coefficient (Wildman–Crippen LogP) is 4.36. The zero-order valence-corrected chi connectivity index (χ0v) is 13.0. The van der Waals surface area contributed by atoms with Crippen molar-refractivity contribution < 1.29 is 4.74 Å². The summed E-state index contributed by atoms with van der Waals surface area (Å²) in [7, 11) is 1.98. The van der Waals surface area contributed by atoms with Gasteiger partial charge in [0.25, 0.3) is 0 Å². The molecule has 2 aromatic rings. The van der Waals surface area contributed by atoms with E-state index in [-0.39, 0.29) is 12.4 Å². The van der Waals surface area contributed by atoms with E-state index in [1.165, 1.54) is 5.56 Å². The molecule has 0 saturated heterocycles. The number of para-hydroxylation sites is 1. The standard InChI is InChI=1S/C17H21NO.ClH/c1-13-7-4-5-10-17(13)19-16-9-6-8-15(12-16)11-14(2)18-3;/h4-10,12,14,18H,11H2,1-3H3;1H. The van der Waals surface area contributed by atoms with Crippen molar-refractivity contribution in [3.05, 3.63) is 59.7 Å². The molecule has 0 aliphatic heterocycles. The van der Waals surface area contributed by atoms with Crippen LogP contribution in [0.4, 0.5) is 0 Å². The monoisotopic (exact) mass is 291 g/mol. The average Bonchev–Trinajstić information content (AvgIpc) is 2.42. The quantitative estimate of drug-likeness (QED) is 0.884. The van der Waals surface area contributed by atoms with Gasteiger partial charge in [0.1, 0.15) is 11.5 Å². The maximum absolute atomic E-state index is 5.94. The van der Waals surface area contributed by atoms with Crippen molar-refractivity contribution in [3.63, 3.8) is 0 Å². The lowest BCUT2D eigenvalue weighted by Gasteiger charge is -2.12. The van der Waals surface area contributed by atoms with Gasteiger partial charge >= 0.3 is 0 Å². The summed E-state index contributed by atoms with van der Waals surface area (Å²) in [5.74, 6) is 1.82. The zero-order chi connectivity index (χ0) is 13.7. The summed E-state index contributed by atoms with van der Waals surface area (Å²) in [5, 5.41) is 3.25. The van der Waals surface area contributed by atoms with Gasteiger partial charge in [0.05, 0.1) is 0 Å². The fourth-order valence-electron chi connectivity index (χ4n) is 1.99. The Kier molecular flexibility index (Phi) is 6.56. The molecule has 2 rings (SSSR count). The first-order valence-corrected chi connectivity index (χ1v) is 6.68. The molecular formula is C17H22ClNO. The minimum Gasteiger partial charge on any atom is -0.457 e. The number of benzene rings is 2. The molecule has 1 unspecified atom stereocenters. The van der Waals surface area contributed by atoms with Gasteiger partial charge in [-0.1, -0.05) is 30.3 Å². The first-order valence-electron chi connectivity index (χ1n) is 6.68. The molecule has 1 N–H and O–H groups in total. The van der Waals surface area contributed by atoms with Crippen molar-refractivity contribution in [1.29, 1.82) is 0 Å². The zero-order valence-electron chi connectivity index (χ0n) is 12.2. The molecule has 2 nitrogen and oxygen atoms in total. The van der Waals surface area contributed by atoms with Gasteiger partial charge in [0.2, 0.25) is 0 Å². The molecule has 0 aromatic heterocycles. The third kappa shape index (κ3) is 4.55. The maximum atomic E-state index is 5.94. The van der Waals surface area contributed by atoms with Crippen LogP contribution < -0.4 is 10.1 Å². The predicted molar refractivity (Wildman–Crippen MR) is 87.2 cm³/mol. The fraction of sp³-hybridized carbons (Fsp3) is 0.294. The first-order chi connectivity index (χ1) is 9.19. The summed E-state index contributed by atoms with van der Waals surface area (Å²) in [5.41, 5.74) is 2.43. The van der Waals surface area contributed by atoms with E-state index in [0.29, 0.717) is 6.04 Å². The van der Waals surface area contributed by atoms with Crippen LogP contribution >= 0.6 is 12.4 Å². The lowest BCUT2D eigenvalue weighted by molar-refractivity contribution is 0.477. The number of aryl methyl sites for hydroxylation is 1. The van der Waals surface area contributed by atoms with Crippen LogP contribution in [0.15, 0.2) is 48.5 Å². The lowest BCUT2D eigenvalue weighted by Crippen LogP contribution is -2.23. The van der Waals surface area contributed by atoms with Crippen molar-refractivity contribution in [2.45, 2.75) is 26.3 Å². The SMILES string of the molecule is CNC(C)Cc1cccc(Oc2ccccc2C)c1.Cl. The molecule has 20 heavy (non-hydrogen) atoms. The summed E-state index contributed by atoms with van der Waals surface area (Å²) in [6.45, 7) is 4.23. The maximum Gasteiger partial charge on any atom is 0.130 e. The number of hydrogen-bond donors (Lipinski definition) is 1. The van der Waals surface area contributed by atoms with E-state index < -0.39 is 0 Å². The van der Waals surface area contributed by atoms with Crippen molar-refractivity contribution in [1.82, 2.24) is 5.32 Å². The Hall–Kier alpha value is -1.51. The topological polar surface area (TPSA) is 21.3 Å². The van der Waals surface area contributed by atoms with Gasteiger partial charge in [-0.2, -0.15) is 0 Å². The highest BCUT2D eigenvalue weighted by atomic mass is 35.5. The highest BCUT2D eigenvalue weighted by Crippen LogP contribution is 2.25. The highest BCUT2D eigenvalue weighted by molar-refractivity contribution is 5.85. The van der Waals surface area contributed by atoms with Crippen LogP contribution in [0, 0.1) is 6.92 Å². The summed E-state index contributed by atoms with van der Waals surface area (Å²) in [6.07, 6.45) is 1.00. The lowest BCUT2D eigenvalue weighted by atomic mass is 10.1. The fourth-order valence-corrected chi connectivity index (χ4v) is 1.99. The molecule has 0 spiro atoms. The first kappa shape index (κ1) is 16.5. The van der Waals surface area contributed by atoms with Crippen LogP contribution in [0.2, 0.25) is 0 Å². The summed E-state index contributed by atoms with van der Waals surface area (Å²) < 4.78 is 5.94. The number of ether oxygens (including phenoxy) is 1. The molecule has 0 aliphatic carbocycles. The third-order valence-corrected chi connectivity index (χ3v) is 3.25. The number of rotatable bonds is 5. The van der Waals surface area contributed by atoms with Gasteiger partial charge in [-0.05, 0) is 56.6 Å². The normalized spacial score (nSPS) is 11.6. The van der Waals surface area contributed by atoms with Gasteiger partial charge in [-0.3, -0.25) is 0 Å². The van der Waals surface area contributed by atoms with Gasteiger partial charge in [0, 0.05) is 6.04 Å². The van der Waals surface area contributed by atoms with Crippen molar-refractivity contribution in [2.24, 2.45) is 0 Å². The molecule has 0 amide bonds. The van der Waals surface area contributed by atoms with Crippen LogP contribution in [0.25, 0.3) is 0 Å². The largest absolute Gasteiger partial charge is 0.457 e. The minimum absolute atomic E-state index is 0. The van der Waals surface area contributed by atoms with E-state index in [9.17, 15) is 0 Å². The second-order valence-electron chi connectivity index (χ2n) is 4.91. The summed E-state index contributed by atoms with van der Waals surface area (Å²) in [4.78, 5) is 0. The second-order valence-corrected chi connectivity index (χ2v) is 4.91. The Morgan fingerprint density at radius 1 is 1.10 bits per heavy atom. The Balaban J connectivity index is 0.00000200. The smallest absolute Gasteiger partial charge is 0.130 e. The van der Waals surface area contributed by atoms with Crippen molar-refractivity contribution in [2.75, 3.05) is 7.05 Å². The molecule has 0 saturated carbocycles. The number of likely N-dealkylation sites (N-methyl/N-ethyl adjacent to an activating group) is 1. The van der Waals surface area contributed by atoms with E-state index in [4.69, 9.17) is 4.74 Å². The van der Waals surface area contributed by atoms with Gasteiger partial charge in [0.15, 0.2) is 0 Å². The van der Waals surface area contributed by atoms with Crippen LogP contribution in [-0.2, 0) is 6.42 Å². The van der Waals surface area contributed by atoms with Crippen molar-refractivity contribution >= 4 is 12.4 Å². The van der Waals surface area contributed by atoms with Gasteiger partial charge in [-0.25, -0.2) is 0 Å². The molecule has 1 atom stereocenters. The summed E-state index contributed by atoms with van der Waals surface area (Å²) >= 11 is 0. The third-order valence-electron chi connectivity index (χ3n) is 3.25. The average molecular weight is 292 g/mol. The number of halogens is 1. The number of nitrogens with one attached hydrogen (secondary N) is 1. The molecular weight excluding hydrogens is 270 g/mol. The molecule has 0 radical (unpaired) electrons. The van der Waals surface area contributed by atoms with Crippen LogP contribution in [0.1, 0.15) is 18.1 Å². The van der Waals surface area contributed by atoms with Crippen LogP contribution in [-0.4, -0.2) is 13.1 Å². The number of hydrogen-bond acceptors (Lipinski definition) is 2. The van der Waals surface area contributed by atoms with Gasteiger partial charge < -0.3 is 10.1 Å². The Labute approximate surface area is 127 Å². The Morgan fingerprint density at radius 3 is 2.55 bits per heavy atom. The highest BCUT2D eigenvalue weighted by Gasteiger charge is 2.04. The van der Waals surface area contributed by atoms with E-state index in [0.717, 1.165) is 23.5 Å². The Bertz CT molecular complexity index is 542. The molecule has 0 heterocycles. The summed E-state index contributed by atoms with van der Waals surface area (Å²) in [6, 6.07) is 16.8. The van der Waals surface area contributed by atoms with E-state index in [1.54, 1.807) is 0 Å².